The van der Waals surface area contributed by atoms with Gasteiger partial charge >= 0.3 is 5.97 Å². The van der Waals surface area contributed by atoms with Crippen LogP contribution in [0, 0.1) is 6.92 Å². The fraction of sp³-hybridized carbons (Fsp3) is 0.267. The zero-order chi connectivity index (χ0) is 15.0. The predicted molar refractivity (Wildman–Crippen MR) is 82.0 cm³/mol. The third kappa shape index (κ3) is 2.42. The minimum absolute atomic E-state index is 0.246. The molecule has 0 atom stereocenters. The van der Waals surface area contributed by atoms with E-state index < -0.39 is 5.97 Å². The minimum atomic E-state index is -0.947. The molecular formula is C15H15N3O2S. The number of imidazole rings is 1. The van der Waals surface area contributed by atoms with Crippen LogP contribution in [0.15, 0.2) is 23.6 Å². The fourth-order valence-electron chi connectivity index (χ4n) is 2.46. The first-order valence-electron chi connectivity index (χ1n) is 6.72. The first kappa shape index (κ1) is 13.8. The van der Waals surface area contributed by atoms with Crippen molar-refractivity contribution in [3.63, 3.8) is 0 Å². The smallest absolute Gasteiger partial charge is 0.337 e. The van der Waals surface area contributed by atoms with E-state index in [2.05, 4.69) is 14.5 Å². The van der Waals surface area contributed by atoms with Gasteiger partial charge in [-0.05, 0) is 19.1 Å². The van der Waals surface area contributed by atoms with Crippen molar-refractivity contribution < 1.29 is 9.90 Å². The number of rotatable bonds is 4. The highest BCUT2D eigenvalue weighted by Crippen LogP contribution is 2.22. The Bertz CT molecular complexity index is 820. The van der Waals surface area contributed by atoms with Gasteiger partial charge in [0, 0.05) is 11.8 Å². The zero-order valence-electron chi connectivity index (χ0n) is 11.8. The number of hydrogen-bond donors (Lipinski definition) is 1. The molecule has 6 heteroatoms. The maximum absolute atomic E-state index is 11.3. The van der Waals surface area contributed by atoms with Gasteiger partial charge in [-0.15, -0.1) is 11.3 Å². The molecule has 0 bridgehead atoms. The molecule has 0 saturated carbocycles. The normalized spacial score (nSPS) is 11.1. The molecule has 0 saturated heterocycles. The third-order valence-electron chi connectivity index (χ3n) is 3.39. The summed E-state index contributed by atoms with van der Waals surface area (Å²) >= 11 is 1.61. The second-order valence-electron chi connectivity index (χ2n) is 4.80. The van der Waals surface area contributed by atoms with Crippen molar-refractivity contribution in [2.75, 3.05) is 0 Å². The first-order chi connectivity index (χ1) is 10.1. The summed E-state index contributed by atoms with van der Waals surface area (Å²) in [6.07, 6.45) is 0.747. The van der Waals surface area contributed by atoms with Gasteiger partial charge in [-0.1, -0.05) is 13.0 Å². The number of hydrogen-bond acceptors (Lipinski definition) is 4. The Labute approximate surface area is 125 Å². The average Bonchev–Trinajstić information content (AvgIpc) is 3.03. The summed E-state index contributed by atoms with van der Waals surface area (Å²) in [5, 5.41) is 12.3. The summed E-state index contributed by atoms with van der Waals surface area (Å²) in [6, 6.07) is 5.26. The van der Waals surface area contributed by atoms with Gasteiger partial charge in [0.15, 0.2) is 0 Å². The second-order valence-corrected chi connectivity index (χ2v) is 5.87. The van der Waals surface area contributed by atoms with Crippen LogP contribution in [0.5, 0.6) is 0 Å². The lowest BCUT2D eigenvalue weighted by Crippen LogP contribution is -2.04. The standard InChI is InChI=1S/C15H15N3O2S/c1-3-13-17-14-11(15(19)20)5-4-6-12(14)18(13)7-10-8-21-9(2)16-10/h4-6,8H,3,7H2,1-2H3,(H,19,20). The number of aromatic nitrogens is 3. The maximum atomic E-state index is 11.3. The molecule has 0 spiro atoms. The van der Waals surface area contributed by atoms with Gasteiger partial charge in [-0.3, -0.25) is 0 Å². The topological polar surface area (TPSA) is 68.0 Å². The van der Waals surface area contributed by atoms with Crippen LogP contribution < -0.4 is 0 Å². The maximum Gasteiger partial charge on any atom is 0.337 e. The number of carboxylic acids is 1. The Hall–Kier alpha value is -2.21. The number of benzene rings is 1. The first-order valence-corrected chi connectivity index (χ1v) is 7.60. The molecule has 0 aliphatic rings. The van der Waals surface area contributed by atoms with Gasteiger partial charge in [-0.25, -0.2) is 14.8 Å². The van der Waals surface area contributed by atoms with Crippen LogP contribution in [0.3, 0.4) is 0 Å². The van der Waals surface area contributed by atoms with Crippen LogP contribution >= 0.6 is 11.3 Å². The van der Waals surface area contributed by atoms with Gasteiger partial charge in [0.1, 0.15) is 11.3 Å². The number of aryl methyl sites for hydroxylation is 2. The van der Waals surface area contributed by atoms with Gasteiger partial charge in [-0.2, -0.15) is 0 Å². The Morgan fingerprint density at radius 1 is 1.38 bits per heavy atom. The summed E-state index contributed by atoms with van der Waals surface area (Å²) in [5.41, 5.74) is 2.62. The fourth-order valence-corrected chi connectivity index (χ4v) is 3.06. The van der Waals surface area contributed by atoms with Crippen LogP contribution in [0.2, 0.25) is 0 Å². The van der Waals surface area contributed by atoms with Crippen molar-refractivity contribution in [2.45, 2.75) is 26.8 Å². The highest BCUT2D eigenvalue weighted by atomic mass is 32.1. The van der Waals surface area contributed by atoms with Crippen LogP contribution in [0.4, 0.5) is 0 Å². The van der Waals surface area contributed by atoms with E-state index in [-0.39, 0.29) is 5.56 Å². The third-order valence-corrected chi connectivity index (χ3v) is 4.21. The average molecular weight is 301 g/mol. The molecule has 0 amide bonds. The summed E-state index contributed by atoms with van der Waals surface area (Å²) in [4.78, 5) is 20.3. The Balaban J connectivity index is 2.16. The van der Waals surface area contributed by atoms with Gasteiger partial charge in [0.25, 0.3) is 0 Å². The Morgan fingerprint density at radius 3 is 2.81 bits per heavy atom. The van der Waals surface area contributed by atoms with Crippen molar-refractivity contribution in [2.24, 2.45) is 0 Å². The van der Waals surface area contributed by atoms with Crippen molar-refractivity contribution in [1.82, 2.24) is 14.5 Å². The zero-order valence-corrected chi connectivity index (χ0v) is 12.6. The van der Waals surface area contributed by atoms with E-state index in [1.54, 1.807) is 23.5 Å². The number of thiazole rings is 1. The number of carbonyl (C=O) groups is 1. The Kier molecular flexibility index (Phi) is 3.47. The second kappa shape index (κ2) is 5.29. The largest absolute Gasteiger partial charge is 0.478 e. The number of aromatic carboxylic acids is 1. The van der Waals surface area contributed by atoms with E-state index in [1.807, 2.05) is 25.3 Å². The van der Waals surface area contributed by atoms with Gasteiger partial charge in [0.05, 0.1) is 28.3 Å². The molecule has 2 aromatic heterocycles. The number of para-hydroxylation sites is 1. The summed E-state index contributed by atoms with van der Waals surface area (Å²) in [7, 11) is 0. The molecule has 1 N–H and O–H groups in total. The highest BCUT2D eigenvalue weighted by molar-refractivity contribution is 7.09. The van der Waals surface area contributed by atoms with Gasteiger partial charge < -0.3 is 9.67 Å². The van der Waals surface area contributed by atoms with E-state index >= 15 is 0 Å². The SMILES string of the molecule is CCc1nc2c(C(=O)O)cccc2n1Cc1csc(C)n1. The van der Waals surface area contributed by atoms with E-state index in [0.717, 1.165) is 28.5 Å². The lowest BCUT2D eigenvalue weighted by atomic mass is 10.2. The van der Waals surface area contributed by atoms with E-state index in [9.17, 15) is 9.90 Å². The van der Waals surface area contributed by atoms with Crippen LogP contribution in [0.1, 0.15) is 33.8 Å². The minimum Gasteiger partial charge on any atom is -0.478 e. The molecule has 21 heavy (non-hydrogen) atoms. The summed E-state index contributed by atoms with van der Waals surface area (Å²) in [5.74, 6) is -0.0678. The monoisotopic (exact) mass is 301 g/mol. The number of fused-ring (bicyclic) bond motifs is 1. The highest BCUT2D eigenvalue weighted by Gasteiger charge is 2.16. The molecule has 3 rings (SSSR count). The summed E-state index contributed by atoms with van der Waals surface area (Å²) < 4.78 is 2.05. The van der Waals surface area contributed by atoms with Crippen molar-refractivity contribution in [3.05, 3.63) is 45.7 Å². The molecule has 108 valence electrons. The van der Waals surface area contributed by atoms with Crippen LogP contribution in [0.25, 0.3) is 11.0 Å². The molecule has 0 radical (unpaired) electrons. The van der Waals surface area contributed by atoms with Crippen LogP contribution in [-0.4, -0.2) is 25.6 Å². The molecule has 1 aromatic carbocycles. The summed E-state index contributed by atoms with van der Waals surface area (Å²) in [6.45, 7) is 4.61. The van der Waals surface area contributed by atoms with Crippen LogP contribution in [-0.2, 0) is 13.0 Å². The van der Waals surface area contributed by atoms with E-state index in [0.29, 0.717) is 12.1 Å². The van der Waals surface area contributed by atoms with Crippen molar-refractivity contribution in [1.29, 1.82) is 0 Å². The molecule has 0 unspecified atom stereocenters. The van der Waals surface area contributed by atoms with E-state index in [1.165, 1.54) is 0 Å². The van der Waals surface area contributed by atoms with Crippen molar-refractivity contribution >= 4 is 28.3 Å². The molecular weight excluding hydrogens is 286 g/mol. The number of carboxylic acid groups (broad SMARTS) is 1. The number of nitrogens with zero attached hydrogens (tertiary/aromatic N) is 3. The molecule has 2 heterocycles. The van der Waals surface area contributed by atoms with Crippen molar-refractivity contribution in [3.8, 4) is 0 Å². The lowest BCUT2D eigenvalue weighted by molar-refractivity contribution is 0.0699. The molecule has 5 nitrogen and oxygen atoms in total. The quantitative estimate of drug-likeness (QED) is 0.804. The van der Waals surface area contributed by atoms with E-state index in [4.69, 9.17) is 0 Å². The predicted octanol–water partition coefficient (Wildman–Crippen LogP) is 3.11. The molecule has 3 aromatic rings. The van der Waals surface area contributed by atoms with Gasteiger partial charge in [0.2, 0.25) is 0 Å². The molecule has 0 aliphatic carbocycles. The Morgan fingerprint density at radius 2 is 2.19 bits per heavy atom. The molecule has 0 aliphatic heterocycles. The molecule has 0 fully saturated rings. The lowest BCUT2D eigenvalue weighted by Gasteiger charge is -2.06.